The Morgan fingerprint density at radius 1 is 1.03 bits per heavy atom. The van der Waals surface area contributed by atoms with Gasteiger partial charge in [-0.25, -0.2) is 0 Å². The molecule has 0 aromatic heterocycles. The van der Waals surface area contributed by atoms with Gasteiger partial charge in [0.15, 0.2) is 8.32 Å². The smallest absolute Gasteiger partial charge is 0.192 e. The lowest BCUT2D eigenvalue weighted by molar-refractivity contribution is -0.224. The normalized spacial score (nSPS) is 57.4. The molecule has 0 spiro atoms. The van der Waals surface area contributed by atoms with Crippen molar-refractivity contribution in [3.63, 3.8) is 0 Å². The van der Waals surface area contributed by atoms with Crippen LogP contribution in [0.2, 0.25) is 18.1 Å². The van der Waals surface area contributed by atoms with E-state index in [1.165, 1.54) is 12.8 Å². The Morgan fingerprint density at radius 2 is 1.74 bits per heavy atom. The zero-order valence-corrected chi connectivity index (χ0v) is 21.8. The largest absolute Gasteiger partial charge is 0.414 e. The SMILES string of the molecule is CC(C)(C)[Si](C)(C)O[C@H]1CC[C@]2(C)C3CC[C@]4(C)C(=O)[C@H]5C[C@H]5C4C3C3C[C@H]3[C@]2(O)C1. The first-order chi connectivity index (χ1) is 14.2. The molecule has 0 radical (unpaired) electrons. The second-order valence-corrected chi connectivity index (χ2v) is 19.4. The average Bonchev–Trinajstić information content (AvgIpc) is 3.55. The van der Waals surface area contributed by atoms with Gasteiger partial charge in [0.05, 0.1) is 5.60 Å². The van der Waals surface area contributed by atoms with Crippen molar-refractivity contribution in [3.05, 3.63) is 0 Å². The van der Waals surface area contributed by atoms with Crippen molar-refractivity contribution in [2.75, 3.05) is 0 Å². The Morgan fingerprint density at radius 3 is 2.42 bits per heavy atom. The second-order valence-electron chi connectivity index (χ2n) is 14.6. The molecule has 6 saturated carbocycles. The van der Waals surface area contributed by atoms with E-state index in [-0.39, 0.29) is 22.0 Å². The number of aliphatic hydroxyl groups is 1. The fourth-order valence-corrected chi connectivity index (χ4v) is 10.9. The molecular formula is C27H44O3Si. The molecule has 174 valence electrons. The van der Waals surface area contributed by atoms with Gasteiger partial charge in [-0.15, -0.1) is 0 Å². The molecule has 0 aromatic carbocycles. The van der Waals surface area contributed by atoms with Crippen LogP contribution in [0.15, 0.2) is 0 Å². The first-order valence-electron chi connectivity index (χ1n) is 13.2. The van der Waals surface area contributed by atoms with Crippen LogP contribution in [0.4, 0.5) is 0 Å². The van der Waals surface area contributed by atoms with E-state index in [0.717, 1.165) is 32.1 Å². The third kappa shape index (κ3) is 2.51. The highest BCUT2D eigenvalue weighted by molar-refractivity contribution is 6.74. The summed E-state index contributed by atoms with van der Waals surface area (Å²) in [4.78, 5) is 13.1. The molecule has 4 heteroatoms. The number of ketones is 1. The molecular weight excluding hydrogens is 400 g/mol. The zero-order valence-electron chi connectivity index (χ0n) is 20.8. The van der Waals surface area contributed by atoms with E-state index >= 15 is 0 Å². The van der Waals surface area contributed by atoms with Crippen molar-refractivity contribution < 1.29 is 14.3 Å². The Hall–Kier alpha value is -0.193. The number of hydrogen-bond acceptors (Lipinski definition) is 3. The zero-order chi connectivity index (χ0) is 22.4. The van der Waals surface area contributed by atoms with Crippen molar-refractivity contribution in [2.24, 2.45) is 52.3 Å². The summed E-state index contributed by atoms with van der Waals surface area (Å²) in [5.41, 5.74) is -0.611. The number of carbonyl (C=O) groups is 1. The van der Waals surface area contributed by atoms with Crippen LogP contribution in [-0.4, -0.2) is 30.9 Å². The molecule has 0 heterocycles. The molecule has 0 bridgehead atoms. The highest BCUT2D eigenvalue weighted by Crippen LogP contribution is 2.79. The molecule has 0 aromatic rings. The van der Waals surface area contributed by atoms with Crippen LogP contribution in [-0.2, 0) is 9.22 Å². The number of hydrogen-bond donors (Lipinski definition) is 1. The van der Waals surface area contributed by atoms with Gasteiger partial charge in [0.1, 0.15) is 5.78 Å². The van der Waals surface area contributed by atoms with E-state index < -0.39 is 13.9 Å². The summed E-state index contributed by atoms with van der Waals surface area (Å²) in [5, 5.41) is 12.6. The van der Waals surface area contributed by atoms with Gasteiger partial charge in [-0.05, 0) is 97.6 Å². The van der Waals surface area contributed by atoms with Crippen LogP contribution in [0.3, 0.4) is 0 Å². The molecule has 6 aliphatic rings. The molecule has 6 rings (SSSR count). The van der Waals surface area contributed by atoms with Crippen molar-refractivity contribution in [1.82, 2.24) is 0 Å². The van der Waals surface area contributed by atoms with Gasteiger partial charge in [0, 0.05) is 23.9 Å². The lowest BCUT2D eigenvalue weighted by Crippen LogP contribution is -2.65. The molecule has 0 aliphatic heterocycles. The van der Waals surface area contributed by atoms with E-state index in [4.69, 9.17) is 4.43 Å². The van der Waals surface area contributed by atoms with Crippen molar-refractivity contribution in [3.8, 4) is 0 Å². The van der Waals surface area contributed by atoms with Crippen LogP contribution in [0, 0.1) is 52.3 Å². The lowest BCUT2D eigenvalue weighted by Gasteiger charge is -2.64. The number of carbonyl (C=O) groups excluding carboxylic acids is 1. The van der Waals surface area contributed by atoms with E-state index in [9.17, 15) is 9.90 Å². The first kappa shape index (κ1) is 21.3. The van der Waals surface area contributed by atoms with Gasteiger partial charge in [-0.1, -0.05) is 34.6 Å². The van der Waals surface area contributed by atoms with Gasteiger partial charge in [0.2, 0.25) is 0 Å². The van der Waals surface area contributed by atoms with Crippen LogP contribution in [0.5, 0.6) is 0 Å². The van der Waals surface area contributed by atoms with Gasteiger partial charge in [-0.2, -0.15) is 0 Å². The quantitative estimate of drug-likeness (QED) is 0.546. The molecule has 0 amide bonds. The maximum Gasteiger partial charge on any atom is 0.192 e. The summed E-state index contributed by atoms with van der Waals surface area (Å²) in [6, 6.07) is 0. The van der Waals surface area contributed by atoms with Crippen LogP contribution in [0.25, 0.3) is 0 Å². The van der Waals surface area contributed by atoms with Gasteiger partial charge >= 0.3 is 0 Å². The fourth-order valence-electron chi connectivity index (χ4n) is 9.50. The summed E-state index contributed by atoms with van der Waals surface area (Å²) < 4.78 is 6.86. The summed E-state index contributed by atoms with van der Waals surface area (Å²) in [7, 11) is -1.84. The highest BCUT2D eigenvalue weighted by Gasteiger charge is 2.78. The van der Waals surface area contributed by atoms with E-state index in [0.29, 0.717) is 47.2 Å². The van der Waals surface area contributed by atoms with Crippen molar-refractivity contribution in [1.29, 1.82) is 0 Å². The minimum Gasteiger partial charge on any atom is -0.414 e. The van der Waals surface area contributed by atoms with E-state index in [1.807, 2.05) is 0 Å². The van der Waals surface area contributed by atoms with E-state index in [1.54, 1.807) is 0 Å². The standard InChI is InChI=1S/C27H44O3Si/c1-24(2,3)31(6,7)30-15-8-11-26(5)19-9-10-25(4)22(16-12-17(16)23(25)28)21(19)18-13-20(18)27(26,29)14-15/h15-22,29H,8-14H2,1-7H3/t15-,16+,17-,18?,19?,20+,21?,22?,25-,26+,27+/m0/s1. The maximum absolute atomic E-state index is 13.1. The highest BCUT2D eigenvalue weighted by atomic mass is 28.4. The first-order valence-corrected chi connectivity index (χ1v) is 16.1. The molecule has 1 N–H and O–H groups in total. The Labute approximate surface area is 190 Å². The Kier molecular flexibility index (Phi) is 4.06. The maximum atomic E-state index is 13.1. The third-order valence-electron chi connectivity index (χ3n) is 12.3. The molecule has 4 unspecified atom stereocenters. The van der Waals surface area contributed by atoms with Gasteiger partial charge in [-0.3, -0.25) is 4.79 Å². The molecule has 0 saturated heterocycles. The van der Waals surface area contributed by atoms with Crippen molar-refractivity contribution >= 4 is 14.1 Å². The predicted octanol–water partition coefficient (Wildman–Crippen LogP) is 5.82. The minimum atomic E-state index is -1.84. The van der Waals surface area contributed by atoms with Crippen LogP contribution < -0.4 is 0 Å². The van der Waals surface area contributed by atoms with Gasteiger partial charge < -0.3 is 9.53 Å². The molecule has 31 heavy (non-hydrogen) atoms. The Balaban J connectivity index is 1.29. The Bertz CT molecular complexity index is 831. The number of rotatable bonds is 2. The van der Waals surface area contributed by atoms with Gasteiger partial charge in [0.25, 0.3) is 0 Å². The monoisotopic (exact) mass is 444 g/mol. The predicted molar refractivity (Wildman–Crippen MR) is 125 cm³/mol. The third-order valence-corrected chi connectivity index (χ3v) is 16.9. The lowest BCUT2D eigenvalue weighted by atomic mass is 9.43. The summed E-state index contributed by atoms with van der Waals surface area (Å²) in [6.45, 7) is 16.4. The number of Topliss-reactive ketones (excluding diaryl/α,β-unsaturated/α-hetero) is 1. The van der Waals surface area contributed by atoms with Crippen molar-refractivity contribution in [2.45, 2.75) is 109 Å². The topological polar surface area (TPSA) is 46.5 Å². The summed E-state index contributed by atoms with van der Waals surface area (Å²) in [6.07, 6.45) is 7.83. The van der Waals surface area contributed by atoms with Crippen LogP contribution in [0.1, 0.15) is 79.6 Å². The summed E-state index contributed by atoms with van der Waals surface area (Å²) >= 11 is 0. The average molecular weight is 445 g/mol. The summed E-state index contributed by atoms with van der Waals surface area (Å²) in [5.74, 6) is 4.68. The second kappa shape index (κ2) is 5.89. The minimum absolute atomic E-state index is 0.0000213. The molecule has 11 atom stereocenters. The fraction of sp³-hybridized carbons (Fsp3) is 0.963. The van der Waals surface area contributed by atoms with E-state index in [2.05, 4.69) is 47.7 Å². The molecule has 3 nitrogen and oxygen atoms in total. The number of fused-ring (bicyclic) bond motifs is 10. The molecule has 6 aliphatic carbocycles. The van der Waals surface area contributed by atoms with Crippen LogP contribution >= 0.6 is 0 Å². The molecule has 6 fully saturated rings.